The molecule has 2 heterocycles. The number of aromatic nitrogens is 1. The van der Waals surface area contributed by atoms with E-state index >= 15 is 0 Å². The Morgan fingerprint density at radius 1 is 1.07 bits per heavy atom. The summed E-state index contributed by atoms with van der Waals surface area (Å²) in [5.41, 5.74) is 0.584. The van der Waals surface area contributed by atoms with Crippen LogP contribution in [0.1, 0.15) is 29.6 Å². The first-order valence-electron chi connectivity index (χ1n) is 9.20. The average molecular weight is 423 g/mol. The monoisotopic (exact) mass is 422 g/mol. The molecule has 150 valence electrons. The first kappa shape index (κ1) is 20.6. The Morgan fingerprint density at radius 2 is 1.79 bits per heavy atom. The first-order valence-corrected chi connectivity index (χ1v) is 11.1. The van der Waals surface area contributed by atoms with Crippen LogP contribution in [0.4, 0.5) is 5.82 Å². The Kier molecular flexibility index (Phi) is 6.88. The molecular weight excluding hydrogens is 400 g/mol. The number of nitrogens with one attached hydrogen (secondary N) is 2. The number of rotatable bonds is 7. The zero-order valence-corrected chi connectivity index (χ0v) is 17.0. The maximum atomic E-state index is 12.6. The molecule has 28 heavy (non-hydrogen) atoms. The molecule has 1 aliphatic heterocycles. The molecule has 0 radical (unpaired) electrons. The first-order chi connectivity index (χ1) is 13.5. The van der Waals surface area contributed by atoms with Gasteiger partial charge in [-0.1, -0.05) is 11.6 Å². The minimum atomic E-state index is -3.60. The molecule has 1 aromatic carbocycles. The zero-order valence-electron chi connectivity index (χ0n) is 15.4. The lowest BCUT2D eigenvalue weighted by Gasteiger charge is -2.26. The third-order valence-electron chi connectivity index (χ3n) is 4.50. The SMILES string of the molecule is O=C(c1ccnc(NCCNS(=O)(=O)c2ccc(Cl)cc2)c1)N1CCCCC1. The Hall–Kier alpha value is -2.16. The second-order valence-corrected chi connectivity index (χ2v) is 8.76. The quantitative estimate of drug-likeness (QED) is 0.669. The molecule has 1 fully saturated rings. The molecular formula is C19H23ClN4O3S. The number of carbonyl (C=O) groups is 1. The molecule has 0 unspecified atom stereocenters. The van der Waals surface area contributed by atoms with Crippen molar-refractivity contribution < 1.29 is 13.2 Å². The standard InChI is InChI=1S/C19H23ClN4O3S/c20-16-4-6-17(7-5-16)28(26,27)23-11-10-22-18-14-15(8-9-21-18)19(25)24-12-2-1-3-13-24/h4-9,14,23H,1-3,10-13H2,(H,21,22). The van der Waals surface area contributed by atoms with Gasteiger partial charge in [0.05, 0.1) is 4.90 Å². The Labute approximate surface area is 170 Å². The highest BCUT2D eigenvalue weighted by Crippen LogP contribution is 2.15. The molecule has 2 N–H and O–H groups in total. The van der Waals surface area contributed by atoms with Crippen molar-refractivity contribution in [1.29, 1.82) is 0 Å². The zero-order chi connectivity index (χ0) is 20.0. The number of sulfonamides is 1. The van der Waals surface area contributed by atoms with Gasteiger partial charge >= 0.3 is 0 Å². The van der Waals surface area contributed by atoms with E-state index in [-0.39, 0.29) is 17.3 Å². The van der Waals surface area contributed by atoms with Crippen LogP contribution in [0, 0.1) is 0 Å². The highest BCUT2D eigenvalue weighted by molar-refractivity contribution is 7.89. The fraction of sp³-hybridized carbons (Fsp3) is 0.368. The van der Waals surface area contributed by atoms with E-state index in [1.54, 1.807) is 18.3 Å². The number of carbonyl (C=O) groups excluding carboxylic acids is 1. The summed E-state index contributed by atoms with van der Waals surface area (Å²) < 4.78 is 27.0. The summed E-state index contributed by atoms with van der Waals surface area (Å²) in [6.45, 7) is 2.09. The summed E-state index contributed by atoms with van der Waals surface area (Å²) >= 11 is 5.78. The molecule has 1 amide bonds. The number of hydrogen-bond donors (Lipinski definition) is 2. The number of pyridine rings is 1. The molecule has 9 heteroatoms. The summed E-state index contributed by atoms with van der Waals surface area (Å²) in [5.74, 6) is 0.544. The van der Waals surface area contributed by atoms with Gasteiger partial charge < -0.3 is 10.2 Å². The van der Waals surface area contributed by atoms with E-state index < -0.39 is 10.0 Å². The lowest BCUT2D eigenvalue weighted by Crippen LogP contribution is -2.35. The van der Waals surface area contributed by atoms with Crippen molar-refractivity contribution in [2.24, 2.45) is 0 Å². The number of nitrogens with zero attached hydrogens (tertiary/aromatic N) is 2. The summed E-state index contributed by atoms with van der Waals surface area (Å²) in [6.07, 6.45) is 4.82. The number of likely N-dealkylation sites (tertiary alicyclic amines) is 1. The van der Waals surface area contributed by atoms with E-state index in [1.807, 2.05) is 4.90 Å². The van der Waals surface area contributed by atoms with Crippen LogP contribution in [0.2, 0.25) is 5.02 Å². The summed E-state index contributed by atoms with van der Waals surface area (Å²) in [4.78, 5) is 18.8. The average Bonchev–Trinajstić information content (AvgIpc) is 2.72. The Bertz CT molecular complexity index is 913. The highest BCUT2D eigenvalue weighted by Gasteiger charge is 2.18. The van der Waals surface area contributed by atoms with Gasteiger partial charge in [0.15, 0.2) is 0 Å². The predicted octanol–water partition coefficient (Wildman–Crippen LogP) is 2.75. The topological polar surface area (TPSA) is 91.4 Å². The van der Waals surface area contributed by atoms with Crippen molar-refractivity contribution in [2.45, 2.75) is 24.2 Å². The second-order valence-electron chi connectivity index (χ2n) is 6.56. The summed E-state index contributed by atoms with van der Waals surface area (Å²) in [7, 11) is -3.60. The van der Waals surface area contributed by atoms with E-state index in [2.05, 4.69) is 15.0 Å². The third kappa shape index (κ3) is 5.43. The van der Waals surface area contributed by atoms with E-state index in [9.17, 15) is 13.2 Å². The van der Waals surface area contributed by atoms with Gasteiger partial charge in [-0.05, 0) is 55.7 Å². The van der Waals surface area contributed by atoms with E-state index in [0.717, 1.165) is 25.9 Å². The van der Waals surface area contributed by atoms with Crippen molar-refractivity contribution >= 4 is 33.3 Å². The molecule has 0 saturated carbocycles. The normalized spacial score (nSPS) is 14.7. The molecule has 2 aromatic rings. The van der Waals surface area contributed by atoms with Crippen molar-refractivity contribution in [3.05, 3.63) is 53.2 Å². The van der Waals surface area contributed by atoms with Gasteiger partial charge in [0.25, 0.3) is 5.91 Å². The minimum absolute atomic E-state index is 0.00795. The van der Waals surface area contributed by atoms with Crippen molar-refractivity contribution in [2.75, 3.05) is 31.5 Å². The molecule has 0 aliphatic carbocycles. The molecule has 3 rings (SSSR count). The fourth-order valence-electron chi connectivity index (χ4n) is 3.01. The van der Waals surface area contributed by atoms with E-state index in [1.165, 1.54) is 30.7 Å². The maximum Gasteiger partial charge on any atom is 0.254 e. The van der Waals surface area contributed by atoms with Gasteiger partial charge in [0, 0.05) is 43.0 Å². The van der Waals surface area contributed by atoms with Gasteiger partial charge in [-0.15, -0.1) is 0 Å². The van der Waals surface area contributed by atoms with Crippen LogP contribution in [0.3, 0.4) is 0 Å². The lowest BCUT2D eigenvalue weighted by molar-refractivity contribution is 0.0724. The van der Waals surface area contributed by atoms with Crippen LogP contribution < -0.4 is 10.0 Å². The molecule has 1 aromatic heterocycles. The van der Waals surface area contributed by atoms with Crippen molar-refractivity contribution in [3.63, 3.8) is 0 Å². The molecule has 0 atom stereocenters. The van der Waals surface area contributed by atoms with Crippen LogP contribution in [-0.2, 0) is 10.0 Å². The van der Waals surface area contributed by atoms with Gasteiger partial charge in [0.1, 0.15) is 5.82 Å². The number of benzene rings is 1. The number of amides is 1. The number of anilines is 1. The summed E-state index contributed by atoms with van der Waals surface area (Å²) in [6, 6.07) is 9.37. The molecule has 0 spiro atoms. The smallest absolute Gasteiger partial charge is 0.254 e. The maximum absolute atomic E-state index is 12.6. The minimum Gasteiger partial charge on any atom is -0.369 e. The molecule has 0 bridgehead atoms. The van der Waals surface area contributed by atoms with Gasteiger partial charge in [0.2, 0.25) is 10.0 Å². The summed E-state index contributed by atoms with van der Waals surface area (Å²) in [5, 5.41) is 3.52. The van der Waals surface area contributed by atoms with Crippen LogP contribution >= 0.6 is 11.6 Å². The van der Waals surface area contributed by atoms with Crippen LogP contribution in [0.15, 0.2) is 47.5 Å². The van der Waals surface area contributed by atoms with Crippen LogP contribution in [0.5, 0.6) is 0 Å². The molecule has 1 aliphatic rings. The van der Waals surface area contributed by atoms with Crippen molar-refractivity contribution in [1.82, 2.24) is 14.6 Å². The Balaban J connectivity index is 1.52. The molecule has 7 nitrogen and oxygen atoms in total. The van der Waals surface area contributed by atoms with E-state index in [0.29, 0.717) is 22.9 Å². The highest BCUT2D eigenvalue weighted by atomic mass is 35.5. The van der Waals surface area contributed by atoms with Crippen LogP contribution in [-0.4, -0.2) is 50.4 Å². The van der Waals surface area contributed by atoms with Gasteiger partial charge in [-0.2, -0.15) is 0 Å². The van der Waals surface area contributed by atoms with E-state index in [4.69, 9.17) is 11.6 Å². The van der Waals surface area contributed by atoms with Gasteiger partial charge in [-0.25, -0.2) is 18.1 Å². The molecule has 1 saturated heterocycles. The fourth-order valence-corrected chi connectivity index (χ4v) is 4.17. The number of piperidine rings is 1. The second kappa shape index (κ2) is 9.36. The van der Waals surface area contributed by atoms with Gasteiger partial charge in [-0.3, -0.25) is 4.79 Å². The predicted molar refractivity (Wildman–Crippen MR) is 109 cm³/mol. The third-order valence-corrected chi connectivity index (χ3v) is 6.23. The van der Waals surface area contributed by atoms with Crippen LogP contribution in [0.25, 0.3) is 0 Å². The lowest BCUT2D eigenvalue weighted by atomic mass is 10.1. The van der Waals surface area contributed by atoms with Crippen molar-refractivity contribution in [3.8, 4) is 0 Å². The number of hydrogen-bond acceptors (Lipinski definition) is 5. The Morgan fingerprint density at radius 3 is 2.50 bits per heavy atom. The number of halogens is 1. The largest absolute Gasteiger partial charge is 0.369 e.